The summed E-state index contributed by atoms with van der Waals surface area (Å²) in [4.78, 5) is 16.6. The Hall–Kier alpha value is -1.41. The van der Waals surface area contributed by atoms with Crippen LogP contribution in [0.4, 0.5) is 0 Å². The van der Waals surface area contributed by atoms with Crippen LogP contribution < -0.4 is 0 Å². The molecule has 0 aliphatic carbocycles. The number of piperazine rings is 1. The third kappa shape index (κ3) is 3.03. The van der Waals surface area contributed by atoms with Crippen LogP contribution in [0.15, 0.2) is 6.07 Å². The maximum Gasteiger partial charge on any atom is 0.272 e. The van der Waals surface area contributed by atoms with E-state index < -0.39 is 9.84 Å². The highest BCUT2D eigenvalue weighted by Crippen LogP contribution is 2.20. The molecule has 1 atom stereocenters. The molecule has 2 fully saturated rings. The zero-order chi connectivity index (χ0) is 15.9. The highest BCUT2D eigenvalue weighted by molar-refractivity contribution is 7.91. The number of carbonyl (C=O) groups excluding carboxylic acids is 1. The normalized spacial score (nSPS) is 25.5. The Kier molecular flexibility index (Phi) is 3.98. The lowest BCUT2D eigenvalue weighted by Gasteiger charge is -2.37. The summed E-state index contributed by atoms with van der Waals surface area (Å²) in [5, 5.41) is 4.21. The van der Waals surface area contributed by atoms with Crippen molar-refractivity contribution >= 4 is 15.7 Å². The fraction of sp³-hybridized carbons (Fsp3) is 0.714. The molecule has 2 aliphatic heterocycles. The van der Waals surface area contributed by atoms with Crippen LogP contribution in [-0.2, 0) is 16.9 Å². The van der Waals surface area contributed by atoms with Gasteiger partial charge in [0.25, 0.3) is 5.91 Å². The molecule has 1 aromatic heterocycles. The molecule has 0 bridgehead atoms. The van der Waals surface area contributed by atoms with Gasteiger partial charge in [0, 0.05) is 39.3 Å². The van der Waals surface area contributed by atoms with Crippen LogP contribution in [0.1, 0.15) is 22.6 Å². The van der Waals surface area contributed by atoms with Gasteiger partial charge in [0.1, 0.15) is 5.69 Å². The smallest absolute Gasteiger partial charge is 0.272 e. The summed E-state index contributed by atoms with van der Waals surface area (Å²) in [7, 11) is -1.08. The number of hydrogen-bond donors (Lipinski definition) is 0. The number of carbonyl (C=O) groups is 1. The second kappa shape index (κ2) is 5.66. The summed E-state index contributed by atoms with van der Waals surface area (Å²) in [6, 6.07) is 1.93. The Morgan fingerprint density at radius 3 is 2.45 bits per heavy atom. The highest BCUT2D eigenvalue weighted by atomic mass is 32.2. The maximum atomic E-state index is 12.5. The largest absolute Gasteiger partial charge is 0.335 e. The van der Waals surface area contributed by atoms with Crippen molar-refractivity contribution < 1.29 is 13.2 Å². The van der Waals surface area contributed by atoms with Gasteiger partial charge in [-0.2, -0.15) is 5.10 Å². The second-order valence-corrected chi connectivity index (χ2v) is 8.41. The Morgan fingerprint density at radius 2 is 1.95 bits per heavy atom. The van der Waals surface area contributed by atoms with E-state index in [1.165, 1.54) is 0 Å². The molecule has 122 valence electrons. The predicted molar refractivity (Wildman–Crippen MR) is 82.5 cm³/mol. The number of aryl methyl sites for hydroxylation is 2. The monoisotopic (exact) mass is 326 g/mol. The van der Waals surface area contributed by atoms with E-state index in [2.05, 4.69) is 10.00 Å². The lowest BCUT2D eigenvalue weighted by atomic mass is 10.2. The number of rotatable bonds is 2. The summed E-state index contributed by atoms with van der Waals surface area (Å²) in [6.45, 7) is 4.62. The van der Waals surface area contributed by atoms with Gasteiger partial charge in [-0.15, -0.1) is 0 Å². The van der Waals surface area contributed by atoms with E-state index in [-0.39, 0.29) is 17.7 Å². The number of sulfone groups is 1. The van der Waals surface area contributed by atoms with Crippen molar-refractivity contribution in [3.05, 3.63) is 17.5 Å². The third-order valence-corrected chi connectivity index (χ3v) is 6.30. The molecule has 22 heavy (non-hydrogen) atoms. The standard InChI is InChI=1S/C14H22N4O3S/c1-11-9-13(16(2)15-11)14(19)18-6-4-17(5-7-18)12-3-8-22(20,21)10-12/h9,12H,3-8,10H2,1-2H3/t12-/m0/s1. The molecule has 1 aromatic rings. The first-order chi connectivity index (χ1) is 10.4. The first kappa shape index (κ1) is 15.5. The minimum atomic E-state index is -2.85. The van der Waals surface area contributed by atoms with E-state index in [1.807, 2.05) is 11.8 Å². The van der Waals surface area contributed by atoms with Crippen molar-refractivity contribution in [2.24, 2.45) is 7.05 Å². The lowest BCUT2D eigenvalue weighted by molar-refractivity contribution is 0.0577. The van der Waals surface area contributed by atoms with Crippen LogP contribution >= 0.6 is 0 Å². The Balaban J connectivity index is 1.60. The fourth-order valence-corrected chi connectivity index (χ4v) is 5.09. The molecule has 0 N–H and O–H groups in total. The summed E-state index contributed by atoms with van der Waals surface area (Å²) in [5.74, 6) is 0.564. The van der Waals surface area contributed by atoms with Crippen molar-refractivity contribution in [3.8, 4) is 0 Å². The van der Waals surface area contributed by atoms with Crippen molar-refractivity contribution in [3.63, 3.8) is 0 Å². The quantitative estimate of drug-likeness (QED) is 0.744. The number of aromatic nitrogens is 2. The van der Waals surface area contributed by atoms with Gasteiger partial charge < -0.3 is 4.90 Å². The van der Waals surface area contributed by atoms with Gasteiger partial charge in [-0.3, -0.25) is 14.4 Å². The van der Waals surface area contributed by atoms with Gasteiger partial charge in [0.2, 0.25) is 0 Å². The Labute approximate surface area is 130 Å². The molecule has 0 saturated carbocycles. The van der Waals surface area contributed by atoms with Gasteiger partial charge in [-0.25, -0.2) is 8.42 Å². The minimum Gasteiger partial charge on any atom is -0.335 e. The van der Waals surface area contributed by atoms with Crippen LogP contribution in [0.25, 0.3) is 0 Å². The molecule has 2 saturated heterocycles. The van der Waals surface area contributed by atoms with Gasteiger partial charge in [-0.05, 0) is 19.4 Å². The van der Waals surface area contributed by atoms with Crippen LogP contribution in [0, 0.1) is 6.92 Å². The SMILES string of the molecule is Cc1cc(C(=O)N2CCN([C@H]3CCS(=O)(=O)C3)CC2)n(C)n1. The number of nitrogens with zero attached hydrogens (tertiary/aromatic N) is 4. The predicted octanol–water partition coefficient (Wildman–Crippen LogP) is -0.327. The Bertz CT molecular complexity index is 674. The van der Waals surface area contributed by atoms with E-state index in [1.54, 1.807) is 17.8 Å². The number of amides is 1. The molecule has 8 heteroatoms. The fourth-order valence-electron chi connectivity index (χ4n) is 3.33. The second-order valence-electron chi connectivity index (χ2n) is 6.18. The van der Waals surface area contributed by atoms with Crippen molar-refractivity contribution in [2.75, 3.05) is 37.7 Å². The topological polar surface area (TPSA) is 75.5 Å². The van der Waals surface area contributed by atoms with E-state index in [9.17, 15) is 13.2 Å². The molecule has 3 heterocycles. The highest BCUT2D eigenvalue weighted by Gasteiger charge is 2.34. The van der Waals surface area contributed by atoms with E-state index in [0.717, 1.165) is 25.2 Å². The minimum absolute atomic E-state index is 0.00166. The summed E-state index contributed by atoms with van der Waals surface area (Å²) >= 11 is 0. The third-order valence-electron chi connectivity index (χ3n) is 4.55. The molecule has 0 spiro atoms. The van der Waals surface area contributed by atoms with Crippen molar-refractivity contribution in [1.29, 1.82) is 0 Å². The van der Waals surface area contributed by atoms with Crippen LogP contribution in [0.5, 0.6) is 0 Å². The van der Waals surface area contributed by atoms with Crippen LogP contribution in [0.2, 0.25) is 0 Å². The summed E-state index contributed by atoms with van der Waals surface area (Å²) in [5.41, 5.74) is 1.44. The first-order valence-corrected chi connectivity index (χ1v) is 9.42. The summed E-state index contributed by atoms with van der Waals surface area (Å²) in [6.07, 6.45) is 0.719. The molecule has 0 radical (unpaired) electrons. The van der Waals surface area contributed by atoms with Crippen LogP contribution in [0.3, 0.4) is 0 Å². The molecule has 0 aromatic carbocycles. The molecule has 3 rings (SSSR count). The molecular formula is C14H22N4O3S. The number of hydrogen-bond acceptors (Lipinski definition) is 5. The Morgan fingerprint density at radius 1 is 1.27 bits per heavy atom. The summed E-state index contributed by atoms with van der Waals surface area (Å²) < 4.78 is 24.8. The van der Waals surface area contributed by atoms with Gasteiger partial charge in [-0.1, -0.05) is 0 Å². The van der Waals surface area contributed by atoms with Gasteiger partial charge in [0.05, 0.1) is 17.2 Å². The van der Waals surface area contributed by atoms with Crippen molar-refractivity contribution in [1.82, 2.24) is 19.6 Å². The maximum absolute atomic E-state index is 12.5. The zero-order valence-electron chi connectivity index (χ0n) is 13.0. The molecule has 0 unspecified atom stereocenters. The molecule has 1 amide bonds. The van der Waals surface area contributed by atoms with E-state index in [0.29, 0.717) is 24.5 Å². The van der Waals surface area contributed by atoms with Gasteiger partial charge in [0.15, 0.2) is 9.84 Å². The first-order valence-electron chi connectivity index (χ1n) is 7.60. The average molecular weight is 326 g/mol. The van der Waals surface area contributed by atoms with E-state index in [4.69, 9.17) is 0 Å². The molecular weight excluding hydrogens is 304 g/mol. The molecule has 7 nitrogen and oxygen atoms in total. The van der Waals surface area contributed by atoms with Gasteiger partial charge >= 0.3 is 0 Å². The van der Waals surface area contributed by atoms with Crippen molar-refractivity contribution in [2.45, 2.75) is 19.4 Å². The van der Waals surface area contributed by atoms with Crippen LogP contribution in [-0.4, -0.2) is 77.6 Å². The zero-order valence-corrected chi connectivity index (χ0v) is 13.8. The lowest BCUT2D eigenvalue weighted by Crippen LogP contribution is -2.52. The average Bonchev–Trinajstić information content (AvgIpc) is 3.00. The molecule has 2 aliphatic rings. The van der Waals surface area contributed by atoms with E-state index >= 15 is 0 Å².